The molecule has 2 heterocycles. The van der Waals surface area contributed by atoms with Crippen LogP contribution in [-0.2, 0) is 0 Å². The number of oxime groups is 1. The average Bonchev–Trinajstić information content (AvgIpc) is 2.46. The van der Waals surface area contributed by atoms with Gasteiger partial charge in [-0.25, -0.2) is 0 Å². The Morgan fingerprint density at radius 3 is 3.22 bits per heavy atom. The highest BCUT2D eigenvalue weighted by molar-refractivity contribution is 6.00. The Morgan fingerprint density at radius 1 is 1.67 bits per heavy atom. The molecule has 3 N–H and O–H groups in total. The largest absolute Gasteiger partial charge is 0.409 e. The van der Waals surface area contributed by atoms with Crippen LogP contribution in [0.5, 0.6) is 0 Å². The highest BCUT2D eigenvalue weighted by Gasteiger charge is 2.22. The van der Waals surface area contributed by atoms with E-state index in [1.54, 1.807) is 6.20 Å². The molecule has 0 aromatic carbocycles. The summed E-state index contributed by atoms with van der Waals surface area (Å²) in [7, 11) is 0. The molecule has 0 amide bonds. The topological polar surface area (TPSA) is 74.7 Å². The molecular formula is C13H20N4O. The maximum absolute atomic E-state index is 8.81. The zero-order valence-corrected chi connectivity index (χ0v) is 10.7. The summed E-state index contributed by atoms with van der Waals surface area (Å²) < 4.78 is 0. The van der Waals surface area contributed by atoms with Gasteiger partial charge in [-0.1, -0.05) is 18.5 Å². The third-order valence-corrected chi connectivity index (χ3v) is 3.57. The first-order valence-electron chi connectivity index (χ1n) is 6.44. The van der Waals surface area contributed by atoms with Crippen molar-refractivity contribution in [2.45, 2.75) is 26.2 Å². The second-order valence-corrected chi connectivity index (χ2v) is 4.72. The van der Waals surface area contributed by atoms with Gasteiger partial charge in [-0.3, -0.25) is 4.98 Å². The molecule has 5 nitrogen and oxygen atoms in total. The fourth-order valence-electron chi connectivity index (χ4n) is 2.51. The third kappa shape index (κ3) is 2.55. The quantitative estimate of drug-likeness (QED) is 0.370. The van der Waals surface area contributed by atoms with Crippen LogP contribution in [0.4, 0.5) is 5.69 Å². The summed E-state index contributed by atoms with van der Waals surface area (Å²) in [6, 6.07) is 3.87. The number of anilines is 1. The number of amidine groups is 1. The molecule has 1 aliphatic rings. The van der Waals surface area contributed by atoms with Crippen molar-refractivity contribution < 1.29 is 5.21 Å². The van der Waals surface area contributed by atoms with Gasteiger partial charge in [0.1, 0.15) is 5.69 Å². The average molecular weight is 248 g/mol. The summed E-state index contributed by atoms with van der Waals surface area (Å²) in [5.74, 6) is 0.795. The van der Waals surface area contributed by atoms with Crippen molar-refractivity contribution in [3.05, 3.63) is 24.0 Å². The summed E-state index contributed by atoms with van der Waals surface area (Å²) in [6.07, 6.45) is 5.32. The van der Waals surface area contributed by atoms with Gasteiger partial charge in [-0.15, -0.1) is 0 Å². The summed E-state index contributed by atoms with van der Waals surface area (Å²) in [6.45, 7) is 4.25. The standard InChI is InChI=1S/C13H20N4O/c1-2-10-5-4-8-17(9-10)11-6-3-7-15-12(11)13(14)16-18/h3,6-7,10,18H,2,4-5,8-9H2,1H3,(H2,14,16). The van der Waals surface area contributed by atoms with Crippen molar-refractivity contribution in [3.8, 4) is 0 Å². The zero-order chi connectivity index (χ0) is 13.0. The predicted octanol–water partition coefficient (Wildman–Crippen LogP) is 1.80. The van der Waals surface area contributed by atoms with Crippen LogP contribution in [0.25, 0.3) is 0 Å². The number of nitrogens with zero attached hydrogens (tertiary/aromatic N) is 3. The first-order valence-corrected chi connectivity index (χ1v) is 6.44. The van der Waals surface area contributed by atoms with E-state index in [-0.39, 0.29) is 5.84 Å². The van der Waals surface area contributed by atoms with E-state index in [1.165, 1.54) is 19.3 Å². The molecule has 0 aliphatic carbocycles. The lowest BCUT2D eigenvalue weighted by atomic mass is 9.95. The number of aromatic nitrogens is 1. The van der Waals surface area contributed by atoms with Crippen molar-refractivity contribution in [3.63, 3.8) is 0 Å². The van der Waals surface area contributed by atoms with Gasteiger partial charge in [0.25, 0.3) is 0 Å². The zero-order valence-electron chi connectivity index (χ0n) is 10.7. The summed E-state index contributed by atoms with van der Waals surface area (Å²) in [4.78, 5) is 6.51. The van der Waals surface area contributed by atoms with Crippen LogP contribution in [0.15, 0.2) is 23.5 Å². The van der Waals surface area contributed by atoms with Gasteiger partial charge < -0.3 is 15.8 Å². The molecular weight excluding hydrogens is 228 g/mol. The molecule has 1 aromatic heterocycles. The van der Waals surface area contributed by atoms with E-state index >= 15 is 0 Å². The maximum Gasteiger partial charge on any atom is 0.190 e. The van der Waals surface area contributed by atoms with E-state index in [4.69, 9.17) is 10.9 Å². The Labute approximate surface area is 107 Å². The van der Waals surface area contributed by atoms with Crippen LogP contribution in [0.2, 0.25) is 0 Å². The van der Waals surface area contributed by atoms with Crippen LogP contribution >= 0.6 is 0 Å². The van der Waals surface area contributed by atoms with E-state index in [0.29, 0.717) is 5.69 Å². The molecule has 18 heavy (non-hydrogen) atoms. The van der Waals surface area contributed by atoms with Crippen molar-refractivity contribution in [2.24, 2.45) is 16.8 Å². The lowest BCUT2D eigenvalue weighted by Crippen LogP contribution is -2.36. The summed E-state index contributed by atoms with van der Waals surface area (Å²) in [5, 5.41) is 11.9. The first-order chi connectivity index (χ1) is 8.76. The first kappa shape index (κ1) is 12.7. The van der Waals surface area contributed by atoms with Gasteiger partial charge >= 0.3 is 0 Å². The number of hydrogen-bond acceptors (Lipinski definition) is 4. The minimum absolute atomic E-state index is 0.0734. The normalized spacial score (nSPS) is 21.1. The van der Waals surface area contributed by atoms with Crippen LogP contribution in [0, 0.1) is 5.92 Å². The Morgan fingerprint density at radius 2 is 2.50 bits per heavy atom. The smallest absolute Gasteiger partial charge is 0.190 e. The Kier molecular flexibility index (Phi) is 4.02. The van der Waals surface area contributed by atoms with Crippen LogP contribution in [0.1, 0.15) is 31.9 Å². The SMILES string of the molecule is CCC1CCCN(c2cccnc2/C(N)=N/O)C1. The predicted molar refractivity (Wildman–Crippen MR) is 72.0 cm³/mol. The van der Waals surface area contributed by atoms with Crippen molar-refractivity contribution in [1.29, 1.82) is 0 Å². The molecule has 1 unspecified atom stereocenters. The lowest BCUT2D eigenvalue weighted by Gasteiger charge is -2.34. The fourth-order valence-corrected chi connectivity index (χ4v) is 2.51. The number of rotatable bonds is 3. The maximum atomic E-state index is 8.81. The number of nitrogens with two attached hydrogens (primary N) is 1. The summed E-state index contributed by atoms with van der Waals surface area (Å²) >= 11 is 0. The number of hydrogen-bond donors (Lipinski definition) is 2. The molecule has 5 heteroatoms. The van der Waals surface area contributed by atoms with E-state index in [0.717, 1.165) is 24.7 Å². The van der Waals surface area contributed by atoms with E-state index < -0.39 is 0 Å². The monoisotopic (exact) mass is 248 g/mol. The molecule has 1 aliphatic heterocycles. The lowest BCUT2D eigenvalue weighted by molar-refractivity contribution is 0.318. The molecule has 1 saturated heterocycles. The van der Waals surface area contributed by atoms with Crippen LogP contribution in [0.3, 0.4) is 0 Å². The van der Waals surface area contributed by atoms with Gasteiger partial charge in [-0.05, 0) is 30.9 Å². The second kappa shape index (κ2) is 5.71. The second-order valence-electron chi connectivity index (χ2n) is 4.72. The molecule has 0 radical (unpaired) electrons. The van der Waals surface area contributed by atoms with Gasteiger partial charge in [0, 0.05) is 19.3 Å². The highest BCUT2D eigenvalue weighted by Crippen LogP contribution is 2.26. The minimum atomic E-state index is 0.0734. The molecule has 2 rings (SSSR count). The summed E-state index contributed by atoms with van der Waals surface area (Å²) in [5.41, 5.74) is 7.21. The van der Waals surface area contributed by atoms with Crippen molar-refractivity contribution in [1.82, 2.24) is 4.98 Å². The van der Waals surface area contributed by atoms with Gasteiger partial charge in [-0.2, -0.15) is 0 Å². The Hall–Kier alpha value is -1.78. The van der Waals surface area contributed by atoms with Gasteiger partial charge in [0.15, 0.2) is 5.84 Å². The molecule has 0 saturated carbocycles. The van der Waals surface area contributed by atoms with Crippen molar-refractivity contribution >= 4 is 11.5 Å². The Bertz CT molecular complexity index is 433. The highest BCUT2D eigenvalue weighted by atomic mass is 16.4. The molecule has 1 atom stereocenters. The van der Waals surface area contributed by atoms with E-state index in [9.17, 15) is 0 Å². The minimum Gasteiger partial charge on any atom is -0.409 e. The number of pyridine rings is 1. The van der Waals surface area contributed by atoms with Crippen LogP contribution in [-0.4, -0.2) is 29.1 Å². The molecule has 1 fully saturated rings. The van der Waals surface area contributed by atoms with Gasteiger partial charge in [0.2, 0.25) is 0 Å². The Balaban J connectivity index is 2.27. The molecule has 1 aromatic rings. The van der Waals surface area contributed by atoms with Gasteiger partial charge in [0.05, 0.1) is 5.69 Å². The molecule has 0 spiro atoms. The van der Waals surface area contributed by atoms with Crippen LogP contribution < -0.4 is 10.6 Å². The molecule has 0 bridgehead atoms. The van der Waals surface area contributed by atoms with E-state index in [2.05, 4.69) is 22.0 Å². The third-order valence-electron chi connectivity index (χ3n) is 3.57. The molecule has 98 valence electrons. The van der Waals surface area contributed by atoms with Crippen molar-refractivity contribution in [2.75, 3.05) is 18.0 Å². The van der Waals surface area contributed by atoms with E-state index in [1.807, 2.05) is 12.1 Å². The fraction of sp³-hybridized carbons (Fsp3) is 0.538. The number of piperidine rings is 1.